The molecule has 4 heteroatoms. The van der Waals surface area contributed by atoms with Gasteiger partial charge in [0.2, 0.25) is 0 Å². The minimum atomic E-state index is 0.731. The van der Waals surface area contributed by atoms with Gasteiger partial charge in [0.05, 0.1) is 4.34 Å². The van der Waals surface area contributed by atoms with E-state index in [1.807, 2.05) is 6.07 Å². The lowest BCUT2D eigenvalue weighted by Crippen LogP contribution is -2.33. The maximum Gasteiger partial charge on any atom is 0.0931 e. The van der Waals surface area contributed by atoms with Crippen molar-refractivity contribution >= 4 is 34.5 Å². The van der Waals surface area contributed by atoms with E-state index in [2.05, 4.69) is 11.0 Å². The van der Waals surface area contributed by atoms with Gasteiger partial charge in [0.15, 0.2) is 0 Å². The Morgan fingerprint density at radius 1 is 1.33 bits per heavy atom. The maximum atomic E-state index is 5.91. The predicted octanol–water partition coefficient (Wildman–Crippen LogP) is 3.85. The van der Waals surface area contributed by atoms with Crippen LogP contribution in [0.1, 0.15) is 17.7 Å². The van der Waals surface area contributed by atoms with Crippen LogP contribution in [0, 0.1) is 5.92 Å². The fourth-order valence-electron chi connectivity index (χ4n) is 1.96. The van der Waals surface area contributed by atoms with E-state index < -0.39 is 0 Å². The van der Waals surface area contributed by atoms with Crippen molar-refractivity contribution in [2.24, 2.45) is 5.92 Å². The molecule has 1 nitrogen and oxygen atoms in total. The highest BCUT2D eigenvalue weighted by Crippen LogP contribution is 2.25. The first kappa shape index (κ1) is 11.7. The standard InChI is InChI=1S/C11H15Cl2NS/c12-7-9-3-5-14(6-4-9)8-10-1-2-11(13)15-10/h1-2,9H,3-8H2. The van der Waals surface area contributed by atoms with Crippen molar-refractivity contribution in [2.45, 2.75) is 19.4 Å². The summed E-state index contributed by atoms with van der Waals surface area (Å²) in [5.41, 5.74) is 0. The van der Waals surface area contributed by atoms with Gasteiger partial charge in [0, 0.05) is 17.3 Å². The highest BCUT2D eigenvalue weighted by Gasteiger charge is 2.18. The molecule has 1 aliphatic heterocycles. The van der Waals surface area contributed by atoms with E-state index in [9.17, 15) is 0 Å². The molecule has 2 heterocycles. The number of halogens is 2. The molecule has 15 heavy (non-hydrogen) atoms. The molecule has 0 saturated carbocycles. The number of piperidine rings is 1. The monoisotopic (exact) mass is 263 g/mol. The molecule has 0 radical (unpaired) electrons. The predicted molar refractivity (Wildman–Crippen MR) is 68.1 cm³/mol. The molecule has 0 spiro atoms. The molecule has 1 fully saturated rings. The van der Waals surface area contributed by atoms with Gasteiger partial charge < -0.3 is 0 Å². The van der Waals surface area contributed by atoms with Crippen LogP contribution in [-0.2, 0) is 6.54 Å². The van der Waals surface area contributed by atoms with E-state index in [0.29, 0.717) is 0 Å². The van der Waals surface area contributed by atoms with Crippen LogP contribution in [0.5, 0.6) is 0 Å². The summed E-state index contributed by atoms with van der Waals surface area (Å²) in [6, 6.07) is 4.10. The van der Waals surface area contributed by atoms with Gasteiger partial charge in [0.25, 0.3) is 0 Å². The average Bonchev–Trinajstić information content (AvgIpc) is 2.65. The Bertz CT molecular complexity index is 305. The van der Waals surface area contributed by atoms with Crippen LogP contribution >= 0.6 is 34.5 Å². The summed E-state index contributed by atoms with van der Waals surface area (Å²) in [6.07, 6.45) is 2.48. The van der Waals surface area contributed by atoms with Crippen molar-refractivity contribution in [1.82, 2.24) is 4.90 Å². The highest BCUT2D eigenvalue weighted by molar-refractivity contribution is 7.16. The van der Waals surface area contributed by atoms with E-state index in [1.54, 1.807) is 11.3 Å². The van der Waals surface area contributed by atoms with Gasteiger partial charge >= 0.3 is 0 Å². The Morgan fingerprint density at radius 3 is 2.60 bits per heavy atom. The number of thiophene rings is 1. The van der Waals surface area contributed by atoms with Crippen molar-refractivity contribution in [1.29, 1.82) is 0 Å². The van der Waals surface area contributed by atoms with Crippen molar-refractivity contribution in [2.75, 3.05) is 19.0 Å². The van der Waals surface area contributed by atoms with Gasteiger partial charge in [-0.25, -0.2) is 0 Å². The van der Waals surface area contributed by atoms with E-state index in [-0.39, 0.29) is 0 Å². The first-order valence-corrected chi connectivity index (χ1v) is 7.03. The molecule has 84 valence electrons. The van der Waals surface area contributed by atoms with Crippen molar-refractivity contribution in [3.8, 4) is 0 Å². The summed E-state index contributed by atoms with van der Waals surface area (Å²) in [5, 5.41) is 0. The molecule has 0 aliphatic carbocycles. The zero-order valence-electron chi connectivity index (χ0n) is 8.59. The Hall–Kier alpha value is 0.240. The SMILES string of the molecule is ClCC1CCN(Cc2ccc(Cl)s2)CC1. The topological polar surface area (TPSA) is 3.24 Å². The molecule has 1 saturated heterocycles. The molecule has 1 aromatic heterocycles. The van der Waals surface area contributed by atoms with Gasteiger partial charge in [-0.15, -0.1) is 22.9 Å². The summed E-state index contributed by atoms with van der Waals surface area (Å²) in [4.78, 5) is 3.86. The quantitative estimate of drug-likeness (QED) is 0.749. The molecular weight excluding hydrogens is 249 g/mol. The summed E-state index contributed by atoms with van der Waals surface area (Å²) < 4.78 is 0.889. The second-order valence-corrected chi connectivity index (χ2v) is 6.19. The zero-order chi connectivity index (χ0) is 10.7. The summed E-state index contributed by atoms with van der Waals surface area (Å²) in [7, 11) is 0. The molecule has 0 N–H and O–H groups in total. The number of nitrogens with zero attached hydrogens (tertiary/aromatic N) is 1. The highest BCUT2D eigenvalue weighted by atomic mass is 35.5. The number of hydrogen-bond acceptors (Lipinski definition) is 2. The fraction of sp³-hybridized carbons (Fsp3) is 0.636. The Labute approximate surface area is 105 Å². The lowest BCUT2D eigenvalue weighted by Gasteiger charge is -2.30. The van der Waals surface area contributed by atoms with Gasteiger partial charge in [-0.3, -0.25) is 4.90 Å². The minimum Gasteiger partial charge on any atom is -0.298 e. The van der Waals surface area contributed by atoms with Crippen LogP contribution in [0.4, 0.5) is 0 Å². The number of rotatable bonds is 3. The van der Waals surface area contributed by atoms with E-state index in [4.69, 9.17) is 23.2 Å². The largest absolute Gasteiger partial charge is 0.298 e. The Morgan fingerprint density at radius 2 is 2.07 bits per heavy atom. The lowest BCUT2D eigenvalue weighted by atomic mass is 9.99. The summed E-state index contributed by atoms with van der Waals surface area (Å²) in [6.45, 7) is 3.40. The smallest absolute Gasteiger partial charge is 0.0931 e. The first-order chi connectivity index (χ1) is 7.28. The zero-order valence-corrected chi connectivity index (χ0v) is 10.9. The number of hydrogen-bond donors (Lipinski definition) is 0. The molecule has 0 aromatic carbocycles. The van der Waals surface area contributed by atoms with Crippen LogP contribution in [0.15, 0.2) is 12.1 Å². The Kier molecular flexibility index (Phi) is 4.32. The van der Waals surface area contributed by atoms with Crippen LogP contribution < -0.4 is 0 Å². The van der Waals surface area contributed by atoms with Crippen molar-refractivity contribution in [3.63, 3.8) is 0 Å². The second-order valence-electron chi connectivity index (χ2n) is 4.08. The van der Waals surface area contributed by atoms with E-state index in [0.717, 1.165) is 22.7 Å². The minimum absolute atomic E-state index is 0.731. The normalized spacial score (nSPS) is 19.6. The van der Waals surface area contributed by atoms with Gasteiger partial charge in [0.1, 0.15) is 0 Å². The van der Waals surface area contributed by atoms with Gasteiger partial charge in [-0.2, -0.15) is 0 Å². The molecule has 0 atom stereocenters. The van der Waals surface area contributed by atoms with Gasteiger partial charge in [-0.05, 0) is 44.0 Å². The van der Waals surface area contributed by atoms with E-state index in [1.165, 1.54) is 30.8 Å². The summed E-state index contributed by atoms with van der Waals surface area (Å²) >= 11 is 13.4. The molecule has 2 rings (SSSR count). The summed E-state index contributed by atoms with van der Waals surface area (Å²) in [5.74, 6) is 1.55. The third kappa shape index (κ3) is 3.35. The molecule has 1 aliphatic rings. The van der Waals surface area contributed by atoms with E-state index >= 15 is 0 Å². The molecular formula is C11H15Cl2NS. The molecule has 0 amide bonds. The third-order valence-corrected chi connectivity index (χ3v) is 4.59. The second kappa shape index (κ2) is 5.53. The number of alkyl halides is 1. The van der Waals surface area contributed by atoms with Crippen LogP contribution in [0.3, 0.4) is 0 Å². The lowest BCUT2D eigenvalue weighted by molar-refractivity contribution is 0.188. The van der Waals surface area contributed by atoms with Crippen LogP contribution in [0.2, 0.25) is 4.34 Å². The fourth-order valence-corrected chi connectivity index (χ4v) is 3.39. The molecule has 0 bridgehead atoms. The Balaban J connectivity index is 1.82. The molecule has 0 unspecified atom stereocenters. The maximum absolute atomic E-state index is 5.91. The van der Waals surface area contributed by atoms with Gasteiger partial charge in [-0.1, -0.05) is 11.6 Å². The molecule has 1 aromatic rings. The third-order valence-electron chi connectivity index (χ3n) is 2.93. The van der Waals surface area contributed by atoms with Crippen molar-refractivity contribution < 1.29 is 0 Å². The van der Waals surface area contributed by atoms with Crippen LogP contribution in [0.25, 0.3) is 0 Å². The van der Waals surface area contributed by atoms with Crippen LogP contribution in [-0.4, -0.2) is 23.9 Å². The average molecular weight is 264 g/mol. The first-order valence-electron chi connectivity index (χ1n) is 5.30. The van der Waals surface area contributed by atoms with Crippen molar-refractivity contribution in [3.05, 3.63) is 21.3 Å². The number of likely N-dealkylation sites (tertiary alicyclic amines) is 1.